The fraction of sp³-hybridized carbons (Fsp3) is 0.107. The fourth-order valence-corrected chi connectivity index (χ4v) is 4.83. The van der Waals surface area contributed by atoms with Gasteiger partial charge in [0.1, 0.15) is 11.1 Å². The van der Waals surface area contributed by atoms with Crippen molar-refractivity contribution in [3.05, 3.63) is 100 Å². The van der Waals surface area contributed by atoms with Crippen LogP contribution in [0.4, 0.5) is 5.69 Å². The van der Waals surface area contributed by atoms with Gasteiger partial charge in [0, 0.05) is 32.4 Å². The second kappa shape index (κ2) is 11.0. The molecule has 0 fully saturated rings. The van der Waals surface area contributed by atoms with E-state index in [1.807, 2.05) is 67.6 Å². The lowest BCUT2D eigenvalue weighted by Crippen LogP contribution is -2.23. The van der Waals surface area contributed by atoms with Crippen molar-refractivity contribution in [2.75, 3.05) is 5.32 Å². The molecule has 0 spiro atoms. The standard InChI is InChI=1S/C28H21Cl2N3OS/c1-17-7-3-6-10-25(17)32-27(34)18(2)35-28-23(16-31)22(21-8-4-5-9-24(21)30)15-26(33-28)19-11-13-20(29)14-12-19/h3-15,18H,1-2H3,(H,32,34)/t18-/m1/s1. The van der Waals surface area contributed by atoms with E-state index >= 15 is 0 Å². The highest BCUT2D eigenvalue weighted by atomic mass is 35.5. The number of hydrogen-bond donors (Lipinski definition) is 1. The molecule has 1 heterocycles. The smallest absolute Gasteiger partial charge is 0.237 e. The zero-order chi connectivity index (χ0) is 24.9. The first-order chi connectivity index (χ1) is 16.9. The van der Waals surface area contributed by atoms with Gasteiger partial charge in [-0.25, -0.2) is 4.98 Å². The number of para-hydroxylation sites is 1. The molecule has 3 aromatic carbocycles. The van der Waals surface area contributed by atoms with Gasteiger partial charge in [-0.2, -0.15) is 5.26 Å². The Labute approximate surface area is 218 Å². The molecule has 4 aromatic rings. The minimum absolute atomic E-state index is 0.175. The Bertz CT molecular complexity index is 1430. The van der Waals surface area contributed by atoms with E-state index in [-0.39, 0.29) is 5.91 Å². The number of amides is 1. The maximum atomic E-state index is 13.0. The summed E-state index contributed by atoms with van der Waals surface area (Å²) in [5.41, 5.74) is 4.98. The number of carbonyl (C=O) groups is 1. The van der Waals surface area contributed by atoms with E-state index in [9.17, 15) is 10.1 Å². The van der Waals surface area contributed by atoms with Gasteiger partial charge in [-0.15, -0.1) is 0 Å². The molecule has 1 amide bonds. The van der Waals surface area contributed by atoms with E-state index in [0.29, 0.717) is 31.9 Å². The maximum absolute atomic E-state index is 13.0. The van der Waals surface area contributed by atoms with Crippen LogP contribution in [0, 0.1) is 18.3 Å². The maximum Gasteiger partial charge on any atom is 0.237 e. The summed E-state index contributed by atoms with van der Waals surface area (Å²) in [4.78, 5) is 17.8. The van der Waals surface area contributed by atoms with Gasteiger partial charge in [-0.1, -0.05) is 83.5 Å². The number of nitriles is 1. The molecule has 0 aliphatic rings. The Balaban J connectivity index is 1.77. The van der Waals surface area contributed by atoms with Crippen molar-refractivity contribution in [2.24, 2.45) is 0 Å². The molecule has 4 nitrogen and oxygen atoms in total. The Morgan fingerprint density at radius 2 is 1.69 bits per heavy atom. The average molecular weight is 518 g/mol. The highest BCUT2D eigenvalue weighted by Gasteiger charge is 2.22. The molecule has 174 valence electrons. The molecule has 0 saturated carbocycles. The first kappa shape index (κ1) is 24.8. The third-order valence-electron chi connectivity index (χ3n) is 5.46. The van der Waals surface area contributed by atoms with Gasteiger partial charge in [0.15, 0.2) is 0 Å². The zero-order valence-corrected chi connectivity index (χ0v) is 21.4. The molecule has 1 atom stereocenters. The summed E-state index contributed by atoms with van der Waals surface area (Å²) >= 11 is 13.8. The van der Waals surface area contributed by atoms with E-state index in [4.69, 9.17) is 28.2 Å². The highest BCUT2D eigenvalue weighted by Crippen LogP contribution is 2.38. The van der Waals surface area contributed by atoms with Crippen LogP contribution in [-0.2, 0) is 4.79 Å². The number of benzene rings is 3. The first-order valence-electron chi connectivity index (χ1n) is 10.9. The molecule has 7 heteroatoms. The number of aryl methyl sites for hydroxylation is 1. The lowest BCUT2D eigenvalue weighted by Gasteiger charge is -2.17. The molecule has 35 heavy (non-hydrogen) atoms. The molecule has 0 bridgehead atoms. The second-order valence-electron chi connectivity index (χ2n) is 7.90. The molecule has 0 aliphatic carbocycles. The van der Waals surface area contributed by atoms with Crippen LogP contribution in [0.1, 0.15) is 18.1 Å². The fourth-order valence-electron chi connectivity index (χ4n) is 3.54. The SMILES string of the molecule is Cc1ccccc1NC(=O)[C@@H](C)Sc1nc(-c2ccc(Cl)cc2)cc(-c2ccccc2Cl)c1C#N. The highest BCUT2D eigenvalue weighted by molar-refractivity contribution is 8.00. The molecule has 1 N–H and O–H groups in total. The molecule has 0 saturated heterocycles. The zero-order valence-electron chi connectivity index (χ0n) is 19.0. The number of nitrogens with one attached hydrogen (secondary N) is 1. The van der Waals surface area contributed by atoms with Gasteiger partial charge >= 0.3 is 0 Å². The van der Waals surface area contributed by atoms with Crippen molar-refractivity contribution in [1.29, 1.82) is 5.26 Å². The van der Waals surface area contributed by atoms with Crippen molar-refractivity contribution >= 4 is 46.6 Å². The Hall–Kier alpha value is -3.30. The predicted molar refractivity (Wildman–Crippen MR) is 145 cm³/mol. The minimum atomic E-state index is -0.506. The normalized spacial score (nSPS) is 11.5. The van der Waals surface area contributed by atoms with Gasteiger partial charge in [0.2, 0.25) is 5.91 Å². The predicted octanol–water partition coefficient (Wildman–Crippen LogP) is 8.02. The van der Waals surface area contributed by atoms with Crippen LogP contribution in [0.3, 0.4) is 0 Å². The molecule has 0 radical (unpaired) electrons. The average Bonchev–Trinajstić information content (AvgIpc) is 2.85. The van der Waals surface area contributed by atoms with Crippen molar-refractivity contribution in [3.63, 3.8) is 0 Å². The van der Waals surface area contributed by atoms with Crippen molar-refractivity contribution < 1.29 is 4.79 Å². The van der Waals surface area contributed by atoms with Crippen LogP contribution in [0.5, 0.6) is 0 Å². The van der Waals surface area contributed by atoms with Crippen LogP contribution < -0.4 is 5.32 Å². The number of rotatable bonds is 6. The number of aromatic nitrogens is 1. The number of halogens is 2. The van der Waals surface area contributed by atoms with Gasteiger partial charge in [-0.3, -0.25) is 4.79 Å². The van der Waals surface area contributed by atoms with E-state index in [1.54, 1.807) is 25.1 Å². The Kier molecular flexibility index (Phi) is 7.77. The summed E-state index contributed by atoms with van der Waals surface area (Å²) in [6.07, 6.45) is 0. The van der Waals surface area contributed by atoms with E-state index in [1.165, 1.54) is 11.8 Å². The first-order valence-corrected chi connectivity index (χ1v) is 12.5. The van der Waals surface area contributed by atoms with Crippen LogP contribution in [0.25, 0.3) is 22.4 Å². The van der Waals surface area contributed by atoms with Crippen LogP contribution >= 0.6 is 35.0 Å². The van der Waals surface area contributed by atoms with Crippen molar-refractivity contribution in [1.82, 2.24) is 4.98 Å². The van der Waals surface area contributed by atoms with E-state index in [0.717, 1.165) is 22.4 Å². The van der Waals surface area contributed by atoms with Gasteiger partial charge in [0.05, 0.1) is 16.5 Å². The van der Waals surface area contributed by atoms with Gasteiger partial charge in [0.25, 0.3) is 0 Å². The topological polar surface area (TPSA) is 65.8 Å². The Morgan fingerprint density at radius 3 is 2.37 bits per heavy atom. The van der Waals surface area contributed by atoms with Crippen molar-refractivity contribution in [3.8, 4) is 28.5 Å². The number of pyridine rings is 1. The number of carbonyl (C=O) groups excluding carboxylic acids is 1. The largest absolute Gasteiger partial charge is 0.325 e. The quantitative estimate of drug-likeness (QED) is 0.263. The van der Waals surface area contributed by atoms with E-state index < -0.39 is 5.25 Å². The number of thioether (sulfide) groups is 1. The van der Waals surface area contributed by atoms with Crippen LogP contribution in [0.15, 0.2) is 83.9 Å². The molecule has 1 aromatic heterocycles. The summed E-state index contributed by atoms with van der Waals surface area (Å²) in [5.74, 6) is -0.175. The van der Waals surface area contributed by atoms with Gasteiger partial charge < -0.3 is 5.32 Å². The summed E-state index contributed by atoms with van der Waals surface area (Å²) in [6.45, 7) is 3.74. The number of anilines is 1. The molecular formula is C28H21Cl2N3OS. The lowest BCUT2D eigenvalue weighted by atomic mass is 9.99. The Morgan fingerprint density at radius 1 is 1.00 bits per heavy atom. The lowest BCUT2D eigenvalue weighted by molar-refractivity contribution is -0.115. The number of nitrogens with zero attached hydrogens (tertiary/aromatic N) is 2. The van der Waals surface area contributed by atoms with Crippen LogP contribution in [0.2, 0.25) is 10.0 Å². The van der Waals surface area contributed by atoms with Gasteiger partial charge in [-0.05, 0) is 49.7 Å². The third kappa shape index (κ3) is 5.68. The summed E-state index contributed by atoms with van der Waals surface area (Å²) in [7, 11) is 0. The molecular weight excluding hydrogens is 497 g/mol. The second-order valence-corrected chi connectivity index (χ2v) is 10.1. The summed E-state index contributed by atoms with van der Waals surface area (Å²) in [6, 6.07) is 26.4. The molecule has 0 aliphatic heterocycles. The minimum Gasteiger partial charge on any atom is -0.325 e. The monoisotopic (exact) mass is 517 g/mol. The van der Waals surface area contributed by atoms with Crippen LogP contribution in [-0.4, -0.2) is 16.1 Å². The number of hydrogen-bond acceptors (Lipinski definition) is 4. The van der Waals surface area contributed by atoms with E-state index in [2.05, 4.69) is 11.4 Å². The third-order valence-corrected chi connectivity index (χ3v) is 7.13. The summed E-state index contributed by atoms with van der Waals surface area (Å²) < 4.78 is 0. The molecule has 0 unspecified atom stereocenters. The molecule has 4 rings (SSSR count). The summed E-state index contributed by atoms with van der Waals surface area (Å²) in [5, 5.41) is 14.2. The van der Waals surface area contributed by atoms with Crippen molar-refractivity contribution in [2.45, 2.75) is 24.1 Å².